The number of nitro benzene ring substituents is 1. The largest absolute Gasteiger partial charge is 0.362 e. The molecule has 136 valence electrons. The Kier molecular flexibility index (Phi) is 4.09. The third-order valence-corrected chi connectivity index (χ3v) is 8.11. The van der Waals surface area contributed by atoms with Crippen molar-refractivity contribution in [1.82, 2.24) is 5.32 Å². The molecule has 0 aromatic heterocycles. The van der Waals surface area contributed by atoms with Gasteiger partial charge in [-0.3, -0.25) is 15.5 Å². The molecule has 1 aromatic rings. The van der Waals surface area contributed by atoms with Gasteiger partial charge in [0.05, 0.1) is 16.2 Å². The molecule has 1 atom stereocenters. The normalized spacial score (nSPS) is 27.7. The monoisotopic (exact) mass is 369 g/mol. The van der Waals surface area contributed by atoms with Crippen molar-refractivity contribution in [2.45, 2.75) is 49.3 Å². The highest BCUT2D eigenvalue weighted by molar-refractivity contribution is 7.93. The van der Waals surface area contributed by atoms with E-state index in [1.54, 1.807) is 0 Å². The summed E-state index contributed by atoms with van der Waals surface area (Å²) in [5.74, 6) is -1.27. The van der Waals surface area contributed by atoms with Gasteiger partial charge in [0.2, 0.25) is 0 Å². The van der Waals surface area contributed by atoms with Crippen LogP contribution in [0.4, 0.5) is 10.1 Å². The molecule has 2 aliphatic rings. The maximum atomic E-state index is 14.3. The highest BCUT2D eigenvalue weighted by atomic mass is 32.2. The summed E-state index contributed by atoms with van der Waals surface area (Å²) < 4.78 is 39.2. The molecule has 0 amide bonds. The van der Waals surface area contributed by atoms with Gasteiger partial charge >= 0.3 is 0 Å². The van der Waals surface area contributed by atoms with Gasteiger partial charge in [0, 0.05) is 17.7 Å². The zero-order valence-corrected chi connectivity index (χ0v) is 14.7. The van der Waals surface area contributed by atoms with Gasteiger partial charge < -0.3 is 5.32 Å². The molecule has 2 fully saturated rings. The summed E-state index contributed by atoms with van der Waals surface area (Å²) >= 11 is 0. The third-order valence-electron chi connectivity index (χ3n) is 5.35. The standard InChI is InChI=1S/C16H20FN3O4S/c1-15(12-9-11(20(21)22)5-6-13(12)17)10-25(23,24)16(14(18)19-15)7-3-2-4-8-16/h5-6,9H,2-4,7-8,10H2,1H3,(H2,18,19)/t15-/m0/s1. The van der Waals surface area contributed by atoms with Gasteiger partial charge in [0.1, 0.15) is 16.4 Å². The summed E-state index contributed by atoms with van der Waals surface area (Å²) in [5, 5.41) is 22.2. The maximum absolute atomic E-state index is 14.3. The number of non-ortho nitro benzene ring substituents is 1. The van der Waals surface area contributed by atoms with Crippen LogP contribution in [0.25, 0.3) is 0 Å². The van der Waals surface area contributed by atoms with Crippen LogP contribution in [-0.4, -0.2) is 29.7 Å². The summed E-state index contributed by atoms with van der Waals surface area (Å²) in [6.45, 7) is 1.47. The minimum absolute atomic E-state index is 0.110. The molecule has 0 bridgehead atoms. The van der Waals surface area contributed by atoms with E-state index in [1.165, 1.54) is 6.92 Å². The van der Waals surface area contributed by atoms with E-state index in [4.69, 9.17) is 5.41 Å². The first-order valence-electron chi connectivity index (χ1n) is 8.15. The van der Waals surface area contributed by atoms with Crippen molar-refractivity contribution in [3.8, 4) is 0 Å². The van der Waals surface area contributed by atoms with E-state index in [-0.39, 0.29) is 17.1 Å². The fraction of sp³-hybridized carbons (Fsp3) is 0.562. The van der Waals surface area contributed by atoms with E-state index >= 15 is 0 Å². The van der Waals surface area contributed by atoms with Crippen LogP contribution in [0.1, 0.15) is 44.6 Å². The van der Waals surface area contributed by atoms with Crippen molar-refractivity contribution in [1.29, 1.82) is 5.41 Å². The Bertz CT molecular complexity index is 849. The number of sulfone groups is 1. The van der Waals surface area contributed by atoms with E-state index in [1.807, 2.05) is 0 Å². The first-order valence-corrected chi connectivity index (χ1v) is 9.80. The number of nitrogens with zero attached hydrogens (tertiary/aromatic N) is 1. The summed E-state index contributed by atoms with van der Waals surface area (Å²) in [7, 11) is -3.72. The zero-order valence-electron chi connectivity index (χ0n) is 13.8. The average molecular weight is 369 g/mol. The fourth-order valence-corrected chi connectivity index (χ4v) is 6.51. The number of nitrogens with one attached hydrogen (secondary N) is 2. The van der Waals surface area contributed by atoms with Crippen LogP contribution in [-0.2, 0) is 15.4 Å². The lowest BCUT2D eigenvalue weighted by atomic mass is 9.84. The fourth-order valence-electron chi connectivity index (χ4n) is 3.98. The minimum atomic E-state index is -3.72. The summed E-state index contributed by atoms with van der Waals surface area (Å²) in [6, 6.07) is 3.04. The van der Waals surface area contributed by atoms with Crippen LogP contribution in [0.2, 0.25) is 0 Å². The molecule has 0 unspecified atom stereocenters. The van der Waals surface area contributed by atoms with Crippen LogP contribution in [0, 0.1) is 21.3 Å². The first kappa shape index (κ1) is 17.8. The van der Waals surface area contributed by atoms with Gasteiger partial charge in [-0.25, -0.2) is 12.8 Å². The van der Waals surface area contributed by atoms with E-state index in [0.717, 1.165) is 37.5 Å². The molecular formula is C16H20FN3O4S. The predicted octanol–water partition coefficient (Wildman–Crippen LogP) is 2.65. The van der Waals surface area contributed by atoms with Gasteiger partial charge in [-0.1, -0.05) is 19.3 Å². The second-order valence-corrected chi connectivity index (χ2v) is 9.37. The van der Waals surface area contributed by atoms with Gasteiger partial charge in [0.25, 0.3) is 5.69 Å². The predicted molar refractivity (Wildman–Crippen MR) is 90.9 cm³/mol. The Morgan fingerprint density at radius 1 is 1.28 bits per heavy atom. The number of amidine groups is 1. The number of halogens is 1. The second-order valence-electron chi connectivity index (χ2n) is 7.07. The second kappa shape index (κ2) is 5.76. The molecule has 2 N–H and O–H groups in total. The van der Waals surface area contributed by atoms with E-state index in [9.17, 15) is 22.9 Å². The van der Waals surface area contributed by atoms with Crippen LogP contribution >= 0.6 is 0 Å². The lowest BCUT2D eigenvalue weighted by Crippen LogP contribution is -2.66. The average Bonchev–Trinajstić information content (AvgIpc) is 2.53. The number of nitro groups is 1. The molecule has 1 aliphatic heterocycles. The Morgan fingerprint density at radius 3 is 2.48 bits per heavy atom. The van der Waals surface area contributed by atoms with Crippen molar-refractivity contribution in [2.24, 2.45) is 0 Å². The number of hydrogen-bond acceptors (Lipinski definition) is 5. The van der Waals surface area contributed by atoms with Crippen LogP contribution < -0.4 is 5.32 Å². The lowest BCUT2D eigenvalue weighted by Gasteiger charge is -2.47. The smallest absolute Gasteiger partial charge is 0.269 e. The summed E-state index contributed by atoms with van der Waals surface area (Å²) in [5.41, 5.74) is -1.85. The molecule has 0 radical (unpaired) electrons. The number of rotatable bonds is 2. The van der Waals surface area contributed by atoms with Crippen molar-refractivity contribution < 1.29 is 17.7 Å². The molecule has 1 aromatic carbocycles. The van der Waals surface area contributed by atoms with Crippen molar-refractivity contribution >= 4 is 21.4 Å². The molecule has 1 aliphatic carbocycles. The highest BCUT2D eigenvalue weighted by Gasteiger charge is 2.56. The quantitative estimate of drug-likeness (QED) is 0.614. The molecule has 25 heavy (non-hydrogen) atoms. The van der Waals surface area contributed by atoms with Crippen LogP contribution in [0.3, 0.4) is 0 Å². The summed E-state index contributed by atoms with van der Waals surface area (Å²) in [4.78, 5) is 10.3. The minimum Gasteiger partial charge on any atom is -0.362 e. The molecule has 1 spiro atoms. The molecule has 1 heterocycles. The van der Waals surface area contributed by atoms with E-state index in [0.29, 0.717) is 12.8 Å². The molecule has 7 nitrogen and oxygen atoms in total. The maximum Gasteiger partial charge on any atom is 0.269 e. The number of hydrogen-bond donors (Lipinski definition) is 2. The van der Waals surface area contributed by atoms with Crippen molar-refractivity contribution in [3.05, 3.63) is 39.7 Å². The third kappa shape index (κ3) is 2.70. The van der Waals surface area contributed by atoms with E-state index < -0.39 is 36.6 Å². The van der Waals surface area contributed by atoms with Crippen molar-refractivity contribution in [2.75, 3.05) is 5.75 Å². The molecule has 1 saturated heterocycles. The highest BCUT2D eigenvalue weighted by Crippen LogP contribution is 2.43. The Labute approximate surface area is 145 Å². The molecular weight excluding hydrogens is 349 g/mol. The van der Waals surface area contributed by atoms with Gasteiger partial charge in [0.15, 0.2) is 9.84 Å². The Hall–Kier alpha value is -2.03. The van der Waals surface area contributed by atoms with Crippen LogP contribution in [0.15, 0.2) is 18.2 Å². The van der Waals surface area contributed by atoms with Crippen molar-refractivity contribution in [3.63, 3.8) is 0 Å². The Balaban J connectivity index is 2.07. The topological polar surface area (TPSA) is 113 Å². The van der Waals surface area contributed by atoms with Gasteiger partial charge in [-0.05, 0) is 25.8 Å². The summed E-state index contributed by atoms with van der Waals surface area (Å²) in [6.07, 6.45) is 3.15. The zero-order chi connectivity index (χ0) is 18.5. The number of benzene rings is 1. The molecule has 1 saturated carbocycles. The first-order chi connectivity index (χ1) is 11.6. The molecule has 9 heteroatoms. The van der Waals surface area contributed by atoms with Gasteiger partial charge in [-0.15, -0.1) is 0 Å². The Morgan fingerprint density at radius 2 is 1.92 bits per heavy atom. The SMILES string of the molecule is C[C@@]1(c2cc([N+](=O)[O-])ccc2F)CS(=O)(=O)C2(CCCCC2)C(=N)N1. The van der Waals surface area contributed by atoms with E-state index in [2.05, 4.69) is 5.32 Å². The van der Waals surface area contributed by atoms with Crippen LogP contribution in [0.5, 0.6) is 0 Å². The molecule has 3 rings (SSSR count). The lowest BCUT2D eigenvalue weighted by molar-refractivity contribution is -0.385. The van der Waals surface area contributed by atoms with Gasteiger partial charge in [-0.2, -0.15) is 0 Å².